The fraction of sp³-hybridized carbons (Fsp3) is 0.253. The lowest BCUT2D eigenvalue weighted by Gasteiger charge is -2.28. The minimum absolute atomic E-state index is 0.121. The smallest absolute Gasteiger partial charge is 0.325 e. The van der Waals surface area contributed by atoms with E-state index in [4.69, 9.17) is 49.5 Å². The quantitative estimate of drug-likeness (QED) is 0.0289. The summed E-state index contributed by atoms with van der Waals surface area (Å²) in [6.07, 6.45) is 11.8. The van der Waals surface area contributed by atoms with Gasteiger partial charge in [-0.1, -0.05) is 179 Å². The van der Waals surface area contributed by atoms with Gasteiger partial charge in [0.15, 0.2) is 48.1 Å². The van der Waals surface area contributed by atoms with Gasteiger partial charge in [0.25, 0.3) is 0 Å². The summed E-state index contributed by atoms with van der Waals surface area (Å²) >= 11 is 5.83. The van der Waals surface area contributed by atoms with Crippen molar-refractivity contribution in [1.29, 1.82) is 0 Å². The first-order valence-electron chi connectivity index (χ1n) is 40.5. The van der Waals surface area contributed by atoms with Gasteiger partial charge in [-0.15, -0.1) is 0 Å². The Balaban J connectivity index is 0.000000135. The molecule has 0 bridgehead atoms. The maximum Gasteiger partial charge on any atom is 0.325 e. The molecule has 6 aromatic heterocycles. The Hall–Kier alpha value is -14.3. The van der Waals surface area contributed by atoms with Gasteiger partial charge in [0.05, 0.1) is 82.7 Å². The van der Waals surface area contributed by atoms with Crippen LogP contribution in [-0.2, 0) is 32.2 Å². The van der Waals surface area contributed by atoms with Crippen LogP contribution in [0.2, 0.25) is 5.02 Å². The molecular formula is C91H95ClN24O8. The van der Waals surface area contributed by atoms with Crippen LogP contribution in [0.5, 0.6) is 35.5 Å². The number of para-hydroxylation sites is 1. The summed E-state index contributed by atoms with van der Waals surface area (Å²) < 4.78 is 45.3. The van der Waals surface area contributed by atoms with E-state index in [0.29, 0.717) is 104 Å². The Kier molecular flexibility index (Phi) is 31.1. The van der Waals surface area contributed by atoms with Crippen LogP contribution in [-0.4, -0.2) is 190 Å². The number of aromatic nitrogens is 12. The highest BCUT2D eigenvalue weighted by Gasteiger charge is 2.22. The standard InChI is InChI=1S/C26H25N5O2.C22H25N7O2.C22H23N5O2.C21H22ClN7O2/c1-19-5-4-6-20(15-19)18-27-30-24-17-25(31-11-13-32-14-12-31)29-26(28-24)33-23-10-9-21-7-2-3-8-22(21)16-23;1-16-4-3-5-18(12-16)14-24-28-19-13-21(29-8-10-30-11-9-29)27-22(26-19)31-15-20-23-7-6-17(2)25-20;1-17-6-5-7-18(14-17)16-23-26-20-15-21(27-10-12-28-13-11-27)25-22(24-20)29-19-8-3-2-4-9-19;1-15-3-2-4-16(9-15)11-25-28-18-10-20(29-5-7-30-8-6-29)27-21(26-18)31-14-19-23-12-17(22)13-24-19/h2-10,15-18H,11-14H2,1H3,(H,28,29,30);3-7,12-14H,8-11,15H2,1-2H3,(H,26,27,28);2-9,14-16H,10-13H2,1H3,(H,24,25,26);2-4,9-13H,5-8,14H2,1H3,(H,26,27,28)/b27-18+;24-14+;23-16+;25-11+. The molecule has 634 valence electrons. The van der Waals surface area contributed by atoms with Crippen LogP contribution in [0.4, 0.5) is 46.5 Å². The van der Waals surface area contributed by atoms with Crippen molar-refractivity contribution in [3.8, 4) is 35.5 Å². The summed E-state index contributed by atoms with van der Waals surface area (Å²) in [7, 11) is 0. The number of rotatable bonds is 26. The predicted octanol–water partition coefficient (Wildman–Crippen LogP) is 14.7. The van der Waals surface area contributed by atoms with Crippen LogP contribution >= 0.6 is 11.6 Å². The van der Waals surface area contributed by atoms with E-state index in [-0.39, 0.29) is 37.3 Å². The molecule has 7 aromatic carbocycles. The van der Waals surface area contributed by atoms with E-state index in [1.807, 2.05) is 178 Å². The Morgan fingerprint density at radius 2 is 0.694 bits per heavy atom. The van der Waals surface area contributed by atoms with E-state index < -0.39 is 0 Å². The SMILES string of the molecule is Cc1cccc(/C=N/Nc2cc(N3CCOCC3)nc(OCc3ncc(Cl)cn3)n2)c1.Cc1cccc(/C=N/Nc2cc(N3CCOCC3)nc(OCc3nccc(C)n3)n2)c1.Cc1cccc(/C=N/Nc2cc(N3CCOCC3)nc(Oc3ccc4ccccc4c3)n2)c1.Cc1cccc(/C=N/Nc2cc(N3CCOCC3)nc(Oc3ccccc3)n2)c1. The van der Waals surface area contributed by atoms with Crippen LogP contribution in [0.15, 0.2) is 239 Å². The van der Waals surface area contributed by atoms with Gasteiger partial charge in [-0.25, -0.2) is 19.9 Å². The van der Waals surface area contributed by atoms with E-state index >= 15 is 0 Å². The lowest BCUT2D eigenvalue weighted by Crippen LogP contribution is -2.36. The third-order valence-corrected chi connectivity index (χ3v) is 19.1. The molecule has 33 heteroatoms. The number of hydrogen-bond donors (Lipinski definition) is 4. The Bertz CT molecular complexity index is 5740. The highest BCUT2D eigenvalue weighted by atomic mass is 35.5. The number of aryl methyl sites for hydroxylation is 5. The average molecular weight is 1690 g/mol. The van der Waals surface area contributed by atoms with Crippen molar-refractivity contribution in [2.75, 3.05) is 147 Å². The first-order valence-corrected chi connectivity index (χ1v) is 40.9. The first-order chi connectivity index (χ1) is 60.8. The molecule has 0 atom stereocenters. The first kappa shape index (κ1) is 86.1. The number of hydrazone groups is 4. The predicted molar refractivity (Wildman–Crippen MR) is 483 cm³/mol. The van der Waals surface area contributed by atoms with Crippen LogP contribution < -0.4 is 60.3 Å². The largest absolute Gasteiger partial charge is 0.455 e. The molecule has 4 fully saturated rings. The highest BCUT2D eigenvalue weighted by molar-refractivity contribution is 6.30. The van der Waals surface area contributed by atoms with E-state index in [1.54, 1.807) is 31.1 Å². The summed E-state index contributed by atoms with van der Waals surface area (Å²) in [6, 6.07) is 66.3. The molecule has 4 saturated heterocycles. The van der Waals surface area contributed by atoms with E-state index in [1.165, 1.54) is 34.6 Å². The van der Waals surface area contributed by atoms with Crippen LogP contribution in [0.3, 0.4) is 0 Å². The molecule has 0 spiro atoms. The van der Waals surface area contributed by atoms with Gasteiger partial charge in [0.2, 0.25) is 0 Å². The molecule has 0 radical (unpaired) electrons. The molecule has 17 rings (SSSR count). The minimum atomic E-state index is 0.121. The minimum Gasteiger partial charge on any atom is -0.455 e. The highest BCUT2D eigenvalue weighted by Crippen LogP contribution is 2.30. The maximum absolute atomic E-state index is 6.07. The summed E-state index contributed by atoms with van der Waals surface area (Å²) in [5, 5.41) is 20.0. The van der Waals surface area contributed by atoms with Crippen molar-refractivity contribution in [1.82, 2.24) is 59.8 Å². The Labute approximate surface area is 723 Å². The van der Waals surface area contributed by atoms with Crippen LogP contribution in [0.25, 0.3) is 10.8 Å². The molecule has 0 amide bonds. The number of fused-ring (bicyclic) bond motifs is 1. The fourth-order valence-electron chi connectivity index (χ4n) is 12.8. The van der Waals surface area contributed by atoms with Gasteiger partial charge in [-0.2, -0.15) is 60.3 Å². The molecule has 13 aromatic rings. The zero-order chi connectivity index (χ0) is 85.3. The zero-order valence-corrected chi connectivity index (χ0v) is 70.2. The molecule has 124 heavy (non-hydrogen) atoms. The van der Waals surface area contributed by atoms with Gasteiger partial charge in [0, 0.05) is 101 Å². The number of morpholine rings is 4. The molecule has 0 unspecified atom stereocenters. The molecule has 10 heterocycles. The number of nitrogens with one attached hydrogen (secondary N) is 4. The molecule has 0 aliphatic carbocycles. The lowest BCUT2D eigenvalue weighted by atomic mass is 10.1. The van der Waals surface area contributed by atoms with Gasteiger partial charge < -0.3 is 57.5 Å². The summed E-state index contributed by atoms with van der Waals surface area (Å²) in [5.74, 6) is 7.66. The normalized spacial score (nSPS) is 14.1. The number of nitrogens with zero attached hydrogens (tertiary/aromatic N) is 20. The molecule has 32 nitrogen and oxygen atoms in total. The molecule has 4 aliphatic heterocycles. The Morgan fingerprint density at radius 1 is 0.339 bits per heavy atom. The van der Waals surface area contributed by atoms with Gasteiger partial charge in [0.1, 0.15) is 34.8 Å². The molecule has 0 saturated carbocycles. The molecule has 4 aliphatic rings. The van der Waals surface area contributed by atoms with Gasteiger partial charge in [-0.3, -0.25) is 21.7 Å². The number of ether oxygens (including phenoxy) is 8. The lowest BCUT2D eigenvalue weighted by molar-refractivity contribution is 0.122. The Morgan fingerprint density at radius 3 is 1.08 bits per heavy atom. The van der Waals surface area contributed by atoms with Gasteiger partial charge >= 0.3 is 24.0 Å². The fourth-order valence-corrected chi connectivity index (χ4v) is 12.9. The number of hydrogen-bond acceptors (Lipinski definition) is 32. The number of anilines is 8. The zero-order valence-electron chi connectivity index (χ0n) is 69.4. The maximum atomic E-state index is 6.07. The third kappa shape index (κ3) is 27.4. The van der Waals surface area contributed by atoms with Crippen molar-refractivity contribution in [3.63, 3.8) is 0 Å². The van der Waals surface area contributed by atoms with E-state index in [2.05, 4.69) is 178 Å². The van der Waals surface area contributed by atoms with Crippen molar-refractivity contribution < 1.29 is 37.9 Å². The van der Waals surface area contributed by atoms with E-state index in [9.17, 15) is 0 Å². The summed E-state index contributed by atoms with van der Waals surface area (Å²) in [5.41, 5.74) is 21.6. The van der Waals surface area contributed by atoms with Crippen LogP contribution in [0.1, 0.15) is 61.9 Å². The molecular weight excluding hydrogens is 1590 g/mol. The monoisotopic (exact) mass is 1690 g/mol. The second-order valence-electron chi connectivity index (χ2n) is 28.6. The summed E-state index contributed by atoms with van der Waals surface area (Å²) in [4.78, 5) is 61.6. The number of benzene rings is 7. The van der Waals surface area contributed by atoms with E-state index in [0.717, 1.165) is 114 Å². The third-order valence-electron chi connectivity index (χ3n) is 18.9. The van der Waals surface area contributed by atoms with Crippen LogP contribution in [0, 0.1) is 34.6 Å². The molecule has 4 N–H and O–H groups in total. The number of halogens is 1. The topological polar surface area (TPSA) is 339 Å². The van der Waals surface area contributed by atoms with Crippen molar-refractivity contribution in [3.05, 3.63) is 286 Å². The van der Waals surface area contributed by atoms with Crippen molar-refractivity contribution in [2.24, 2.45) is 20.4 Å². The second-order valence-corrected chi connectivity index (χ2v) is 29.1. The second kappa shape index (κ2) is 44.8. The van der Waals surface area contributed by atoms with Crippen molar-refractivity contribution in [2.45, 2.75) is 47.8 Å². The summed E-state index contributed by atoms with van der Waals surface area (Å²) in [6.45, 7) is 21.7. The van der Waals surface area contributed by atoms with Crippen molar-refractivity contribution >= 4 is 93.8 Å². The average Bonchev–Trinajstić information content (AvgIpc) is 0.847. The van der Waals surface area contributed by atoms with Gasteiger partial charge in [-0.05, 0) is 98.0 Å².